The molecule has 1 saturated heterocycles. The molecule has 1 amide bonds. The molecule has 0 unspecified atom stereocenters. The van der Waals surface area contributed by atoms with Gasteiger partial charge in [0.1, 0.15) is 0 Å². The number of primary amides is 1. The number of hydrogen-bond donors (Lipinski definition) is 2. The molecule has 1 aliphatic heterocycles. The Balaban J connectivity index is 1.85. The lowest BCUT2D eigenvalue weighted by atomic mass is 10.1. The number of carbonyl (C=O) groups excluding carboxylic acids is 1. The summed E-state index contributed by atoms with van der Waals surface area (Å²) in [5.74, 6) is 6.19. The highest BCUT2D eigenvalue weighted by molar-refractivity contribution is 5.97. The Hall–Kier alpha value is -3.87. The van der Waals surface area contributed by atoms with E-state index >= 15 is 0 Å². The number of piperidine rings is 1. The number of nitrogens with two attached hydrogens (primary N) is 1. The highest BCUT2D eigenvalue weighted by atomic mass is 16.1. The van der Waals surface area contributed by atoms with Crippen molar-refractivity contribution in [1.29, 1.82) is 0 Å². The number of nitrogens with zero attached hydrogens (tertiary/aromatic N) is 6. The molecule has 0 saturated carbocycles. The summed E-state index contributed by atoms with van der Waals surface area (Å²) in [7, 11) is 1.61. The lowest BCUT2D eigenvalue weighted by Gasteiger charge is -2.27. The fourth-order valence-corrected chi connectivity index (χ4v) is 3.73. The molecule has 0 spiro atoms. The molecule has 1 fully saturated rings. The molecule has 3 N–H and O–H groups in total. The second-order valence-electron chi connectivity index (χ2n) is 7.33. The first kappa shape index (κ1) is 20.4. The van der Waals surface area contributed by atoms with Crippen molar-refractivity contribution in [1.82, 2.24) is 24.1 Å². The Bertz CT molecular complexity index is 1260. The highest BCUT2D eigenvalue weighted by Crippen LogP contribution is 2.24. The van der Waals surface area contributed by atoms with Crippen LogP contribution in [-0.4, -0.2) is 43.1 Å². The molecule has 0 atom stereocenters. The summed E-state index contributed by atoms with van der Waals surface area (Å²) in [5, 5.41) is 3.00. The van der Waals surface area contributed by atoms with Crippen molar-refractivity contribution in [3.05, 3.63) is 34.4 Å². The van der Waals surface area contributed by atoms with E-state index in [4.69, 9.17) is 10.7 Å². The van der Waals surface area contributed by atoms with Crippen molar-refractivity contribution in [2.45, 2.75) is 32.7 Å². The minimum atomic E-state index is -0.677. The number of rotatable bonds is 5. The van der Waals surface area contributed by atoms with Gasteiger partial charge < -0.3 is 16.0 Å². The summed E-state index contributed by atoms with van der Waals surface area (Å²) < 4.78 is 3.23. The Labute approximate surface area is 179 Å². The SMILES string of the molecule is CC#CCn1c(N2CCCCC2)nc2nc(Nc3cccnc3C(N)=O)n(C)c(=O)c21. The van der Waals surface area contributed by atoms with Gasteiger partial charge in [0.25, 0.3) is 11.5 Å². The van der Waals surface area contributed by atoms with E-state index in [-0.39, 0.29) is 17.2 Å². The van der Waals surface area contributed by atoms with Gasteiger partial charge in [-0.15, -0.1) is 5.92 Å². The van der Waals surface area contributed by atoms with E-state index in [1.165, 1.54) is 17.2 Å². The molecule has 0 radical (unpaired) electrons. The first-order valence-corrected chi connectivity index (χ1v) is 10.1. The number of fused-ring (bicyclic) bond motifs is 1. The zero-order valence-corrected chi connectivity index (χ0v) is 17.6. The molecular weight excluding hydrogens is 396 g/mol. The third kappa shape index (κ3) is 3.82. The average molecular weight is 420 g/mol. The van der Waals surface area contributed by atoms with E-state index < -0.39 is 5.91 Å². The Morgan fingerprint density at radius 3 is 2.74 bits per heavy atom. The molecule has 0 aliphatic carbocycles. The minimum absolute atomic E-state index is 0.0644. The molecule has 1 aliphatic rings. The fourth-order valence-electron chi connectivity index (χ4n) is 3.73. The van der Waals surface area contributed by atoms with Gasteiger partial charge in [-0.3, -0.25) is 18.7 Å². The van der Waals surface area contributed by atoms with E-state index in [1.54, 1.807) is 26.1 Å². The van der Waals surface area contributed by atoms with Crippen molar-refractivity contribution in [2.75, 3.05) is 23.3 Å². The molecule has 160 valence electrons. The smallest absolute Gasteiger partial charge is 0.281 e. The molecule has 3 aromatic heterocycles. The summed E-state index contributed by atoms with van der Waals surface area (Å²) in [6.45, 7) is 3.89. The van der Waals surface area contributed by atoms with Crippen LogP contribution in [0.15, 0.2) is 23.1 Å². The van der Waals surface area contributed by atoms with Crippen molar-refractivity contribution < 1.29 is 4.79 Å². The van der Waals surface area contributed by atoms with Gasteiger partial charge in [0.2, 0.25) is 11.9 Å². The first-order chi connectivity index (χ1) is 15.0. The monoisotopic (exact) mass is 420 g/mol. The Morgan fingerprint density at radius 1 is 1.26 bits per heavy atom. The zero-order chi connectivity index (χ0) is 22.0. The zero-order valence-electron chi connectivity index (χ0n) is 17.6. The fraction of sp³-hybridized carbons (Fsp3) is 0.381. The summed E-state index contributed by atoms with van der Waals surface area (Å²) in [4.78, 5) is 40.5. The van der Waals surface area contributed by atoms with Gasteiger partial charge >= 0.3 is 0 Å². The van der Waals surface area contributed by atoms with Crippen molar-refractivity contribution >= 4 is 34.7 Å². The van der Waals surface area contributed by atoms with Gasteiger partial charge in [0.15, 0.2) is 16.9 Å². The summed E-state index contributed by atoms with van der Waals surface area (Å²) in [6.07, 6.45) is 4.82. The summed E-state index contributed by atoms with van der Waals surface area (Å²) in [6, 6.07) is 3.32. The van der Waals surface area contributed by atoms with Crippen molar-refractivity contribution in [3.63, 3.8) is 0 Å². The number of imidazole rings is 1. The number of hydrogen-bond acceptors (Lipinski definition) is 7. The van der Waals surface area contributed by atoms with Crippen LogP contribution in [0.5, 0.6) is 0 Å². The molecule has 3 aromatic rings. The van der Waals surface area contributed by atoms with Gasteiger partial charge in [-0.05, 0) is 38.3 Å². The lowest BCUT2D eigenvalue weighted by molar-refractivity contribution is 0.0996. The van der Waals surface area contributed by atoms with E-state index in [2.05, 4.69) is 32.0 Å². The lowest BCUT2D eigenvalue weighted by Crippen LogP contribution is -2.32. The number of amides is 1. The number of pyridine rings is 1. The van der Waals surface area contributed by atoms with Crippen LogP contribution in [0.1, 0.15) is 36.7 Å². The molecule has 0 aromatic carbocycles. The van der Waals surface area contributed by atoms with Crippen LogP contribution in [-0.2, 0) is 13.6 Å². The van der Waals surface area contributed by atoms with Crippen LogP contribution in [0.2, 0.25) is 0 Å². The molecule has 10 heteroatoms. The highest BCUT2D eigenvalue weighted by Gasteiger charge is 2.23. The normalized spacial score (nSPS) is 13.7. The van der Waals surface area contributed by atoms with Crippen molar-refractivity contribution in [3.8, 4) is 11.8 Å². The van der Waals surface area contributed by atoms with E-state index in [9.17, 15) is 9.59 Å². The number of carbonyl (C=O) groups is 1. The quantitative estimate of drug-likeness (QED) is 0.598. The van der Waals surface area contributed by atoms with Crippen LogP contribution in [0.3, 0.4) is 0 Å². The van der Waals surface area contributed by atoms with Gasteiger partial charge in [0.05, 0.1) is 12.2 Å². The molecular formula is C21H24N8O2. The predicted octanol–water partition coefficient (Wildman–Crippen LogP) is 1.38. The van der Waals surface area contributed by atoms with Gasteiger partial charge in [-0.2, -0.15) is 9.97 Å². The standard InChI is InChI=1S/C21H24N8O2/c1-3-4-13-29-16-18(26-21(29)28-11-6-5-7-12-28)25-20(27(2)19(16)31)24-14-9-8-10-23-15(14)17(22)30/h8-10H,5-7,11-13H2,1-2H3,(H2,22,30)(H,24,25). The van der Waals surface area contributed by atoms with Crippen molar-refractivity contribution in [2.24, 2.45) is 12.8 Å². The number of nitrogens with one attached hydrogen (secondary N) is 1. The second kappa shape index (κ2) is 8.47. The second-order valence-corrected chi connectivity index (χ2v) is 7.33. The van der Waals surface area contributed by atoms with E-state index in [1.807, 2.05) is 4.57 Å². The molecule has 31 heavy (non-hydrogen) atoms. The van der Waals surface area contributed by atoms with E-state index in [0.717, 1.165) is 25.9 Å². The predicted molar refractivity (Wildman–Crippen MR) is 118 cm³/mol. The molecule has 4 heterocycles. The van der Waals surface area contributed by atoms with Crippen LogP contribution in [0, 0.1) is 11.8 Å². The third-order valence-corrected chi connectivity index (χ3v) is 5.31. The maximum Gasteiger partial charge on any atom is 0.281 e. The van der Waals surface area contributed by atoms with Gasteiger partial charge in [0, 0.05) is 26.3 Å². The largest absolute Gasteiger partial charge is 0.364 e. The minimum Gasteiger partial charge on any atom is -0.364 e. The van der Waals surface area contributed by atoms with Crippen LogP contribution in [0.4, 0.5) is 17.6 Å². The Morgan fingerprint density at radius 2 is 2.03 bits per heavy atom. The number of anilines is 3. The maximum atomic E-state index is 13.3. The average Bonchev–Trinajstić information content (AvgIpc) is 3.15. The van der Waals surface area contributed by atoms with Crippen LogP contribution < -0.4 is 21.5 Å². The topological polar surface area (TPSA) is 124 Å². The summed E-state index contributed by atoms with van der Waals surface area (Å²) in [5.41, 5.74) is 6.31. The molecule has 0 bridgehead atoms. The molecule has 4 rings (SSSR count). The van der Waals surface area contributed by atoms with Gasteiger partial charge in [-0.1, -0.05) is 5.92 Å². The third-order valence-electron chi connectivity index (χ3n) is 5.31. The maximum absolute atomic E-state index is 13.3. The number of aromatic nitrogens is 5. The van der Waals surface area contributed by atoms with E-state index in [0.29, 0.717) is 29.3 Å². The van der Waals surface area contributed by atoms with Crippen LogP contribution in [0.25, 0.3) is 11.2 Å². The summed E-state index contributed by atoms with van der Waals surface area (Å²) >= 11 is 0. The van der Waals surface area contributed by atoms with Crippen LogP contribution >= 0.6 is 0 Å². The Kier molecular flexibility index (Phi) is 5.58. The molecule has 10 nitrogen and oxygen atoms in total. The first-order valence-electron chi connectivity index (χ1n) is 10.1. The van der Waals surface area contributed by atoms with Gasteiger partial charge in [-0.25, -0.2) is 4.98 Å².